The molecule has 2 saturated heterocycles. The maximum absolute atomic E-state index is 13.8. The fraction of sp³-hybridized carbons (Fsp3) is 0.407. The van der Waals surface area contributed by atoms with Gasteiger partial charge in [0.1, 0.15) is 11.3 Å². The topological polar surface area (TPSA) is 151 Å². The largest absolute Gasteiger partial charge is 0.490 e. The molecular formula is C27H28F7N5O5. The molecule has 3 heterocycles. The highest BCUT2D eigenvalue weighted by molar-refractivity contribution is 6.04. The van der Waals surface area contributed by atoms with E-state index in [-0.39, 0.29) is 5.56 Å². The number of hydrogen-bond acceptors (Lipinski definition) is 6. The lowest BCUT2D eigenvalue weighted by atomic mass is 9.80. The van der Waals surface area contributed by atoms with Crippen LogP contribution in [0.1, 0.15) is 35.2 Å². The molecule has 0 bridgehead atoms. The zero-order valence-corrected chi connectivity index (χ0v) is 22.9. The molecule has 240 valence electrons. The molecule has 2 aliphatic heterocycles. The summed E-state index contributed by atoms with van der Waals surface area (Å²) in [4.78, 5) is 32.0. The Labute approximate surface area is 245 Å². The first-order valence-electron chi connectivity index (χ1n) is 13.0. The van der Waals surface area contributed by atoms with Gasteiger partial charge in [-0.2, -0.15) is 31.4 Å². The zero-order chi connectivity index (χ0) is 32.9. The van der Waals surface area contributed by atoms with Crippen molar-refractivity contribution in [1.29, 1.82) is 0 Å². The Balaban J connectivity index is 0.000000317. The Morgan fingerprint density at radius 1 is 0.977 bits per heavy atom. The van der Waals surface area contributed by atoms with Crippen molar-refractivity contribution in [2.45, 2.75) is 38.2 Å². The molecule has 2 aliphatic rings. The number of carbonyl (C=O) groups is 3. The number of fused-ring (bicyclic) bond motifs is 1. The summed E-state index contributed by atoms with van der Waals surface area (Å²) in [5.74, 6) is -6.70. The average Bonchev–Trinajstić information content (AvgIpc) is 3.52. The Bertz CT molecular complexity index is 1460. The third kappa shape index (κ3) is 9.12. The van der Waals surface area contributed by atoms with E-state index in [2.05, 4.69) is 27.4 Å². The lowest BCUT2D eigenvalue weighted by Gasteiger charge is -2.34. The number of hydrogen-bond donors (Lipinski definition) is 4. The molecule has 0 saturated carbocycles. The molecule has 1 atom stereocenters. The second-order valence-corrected chi connectivity index (χ2v) is 10.3. The van der Waals surface area contributed by atoms with Gasteiger partial charge in [0.05, 0.1) is 11.3 Å². The standard InChI is InChI=1S/C23H26FN5O.2C2HF3O2/c24-18-10-17-13-29(27-21(17)20(11-18)22(25)30)19-4-2-16(3-5-19)12-28-9-7-23(15-28)6-1-8-26-14-23;2*3-2(4,5)1(6)7/h2-5,10-11,13,26H,1,6-9,12,14-15H2,(H2,25,30);2*(H,6,7). The molecule has 0 aliphatic carbocycles. The van der Waals surface area contributed by atoms with Crippen molar-refractivity contribution >= 4 is 28.7 Å². The molecule has 1 unspecified atom stereocenters. The SMILES string of the molecule is NC(=O)c1cc(F)cc2cn(-c3ccc(CN4CCC5(CCCNC5)C4)cc3)nc12.O=C(O)C(F)(F)F.O=C(O)C(F)(F)F. The molecule has 10 nitrogen and oxygen atoms in total. The summed E-state index contributed by atoms with van der Waals surface area (Å²) in [5.41, 5.74) is 8.48. The minimum Gasteiger partial charge on any atom is -0.475 e. The molecule has 3 aromatic rings. The predicted molar refractivity (Wildman–Crippen MR) is 141 cm³/mol. The Hall–Kier alpha value is -4.25. The number of carboxylic acid groups (broad SMARTS) is 2. The normalized spacial score (nSPS) is 18.7. The van der Waals surface area contributed by atoms with Crippen molar-refractivity contribution in [3.63, 3.8) is 0 Å². The van der Waals surface area contributed by atoms with Gasteiger partial charge in [-0.3, -0.25) is 9.69 Å². The summed E-state index contributed by atoms with van der Waals surface area (Å²) in [5, 5.41) is 22.8. The number of nitrogens with one attached hydrogen (secondary N) is 1. The van der Waals surface area contributed by atoms with Crippen molar-refractivity contribution < 1.29 is 55.3 Å². The lowest BCUT2D eigenvalue weighted by Crippen LogP contribution is -2.41. The van der Waals surface area contributed by atoms with E-state index in [1.54, 1.807) is 10.9 Å². The summed E-state index contributed by atoms with van der Waals surface area (Å²) < 4.78 is 78.9. The second-order valence-electron chi connectivity index (χ2n) is 10.3. The lowest BCUT2D eigenvalue weighted by molar-refractivity contribution is -0.193. The second kappa shape index (κ2) is 13.6. The zero-order valence-electron chi connectivity index (χ0n) is 22.9. The maximum Gasteiger partial charge on any atom is 0.490 e. The first-order valence-corrected chi connectivity index (χ1v) is 13.0. The number of aliphatic carboxylic acids is 2. The van der Waals surface area contributed by atoms with Crippen molar-refractivity contribution in [2.24, 2.45) is 11.1 Å². The Morgan fingerprint density at radius 2 is 1.57 bits per heavy atom. The van der Waals surface area contributed by atoms with Crippen LogP contribution in [0.25, 0.3) is 16.6 Å². The summed E-state index contributed by atoms with van der Waals surface area (Å²) in [6, 6.07) is 10.7. The molecule has 1 amide bonds. The molecule has 1 aromatic heterocycles. The maximum atomic E-state index is 13.8. The van der Waals surface area contributed by atoms with Gasteiger partial charge in [0.25, 0.3) is 5.91 Å². The molecule has 17 heteroatoms. The number of likely N-dealkylation sites (tertiary alicyclic amines) is 1. The highest BCUT2D eigenvalue weighted by Gasteiger charge is 2.39. The number of aromatic nitrogens is 2. The highest BCUT2D eigenvalue weighted by atomic mass is 19.4. The summed E-state index contributed by atoms with van der Waals surface area (Å²) >= 11 is 0. The van der Waals surface area contributed by atoms with E-state index >= 15 is 0 Å². The van der Waals surface area contributed by atoms with Crippen LogP contribution in [0, 0.1) is 11.2 Å². The molecule has 5 rings (SSSR count). The van der Waals surface area contributed by atoms with E-state index in [0.717, 1.165) is 44.5 Å². The molecular weight excluding hydrogens is 607 g/mol. The van der Waals surface area contributed by atoms with Crippen LogP contribution in [0.4, 0.5) is 30.7 Å². The van der Waals surface area contributed by atoms with Gasteiger partial charge in [0, 0.05) is 31.2 Å². The summed E-state index contributed by atoms with van der Waals surface area (Å²) in [6.45, 7) is 5.55. The van der Waals surface area contributed by atoms with Crippen LogP contribution < -0.4 is 11.1 Å². The number of nitrogens with two attached hydrogens (primary N) is 1. The van der Waals surface area contributed by atoms with Gasteiger partial charge in [-0.1, -0.05) is 12.1 Å². The van der Waals surface area contributed by atoms with Gasteiger partial charge in [-0.15, -0.1) is 0 Å². The van der Waals surface area contributed by atoms with E-state index in [9.17, 15) is 35.5 Å². The average molecular weight is 636 g/mol. The molecule has 44 heavy (non-hydrogen) atoms. The molecule has 2 fully saturated rings. The van der Waals surface area contributed by atoms with Gasteiger partial charge in [0.2, 0.25) is 0 Å². The van der Waals surface area contributed by atoms with Crippen LogP contribution in [-0.2, 0) is 16.1 Å². The number of carboxylic acids is 2. The predicted octanol–water partition coefficient (Wildman–Crippen LogP) is 4.11. The van der Waals surface area contributed by atoms with Crippen molar-refractivity contribution in [1.82, 2.24) is 20.0 Å². The highest BCUT2D eigenvalue weighted by Crippen LogP contribution is 2.37. The number of amides is 1. The van der Waals surface area contributed by atoms with Gasteiger partial charge < -0.3 is 21.3 Å². The fourth-order valence-electron chi connectivity index (χ4n) is 4.97. The Morgan fingerprint density at radius 3 is 2.07 bits per heavy atom. The first kappa shape index (κ1) is 34.2. The van der Waals surface area contributed by atoms with Gasteiger partial charge in [-0.25, -0.2) is 18.7 Å². The summed E-state index contributed by atoms with van der Waals surface area (Å²) in [7, 11) is 0. The minimum absolute atomic E-state index is 0.0977. The number of piperidine rings is 1. The smallest absolute Gasteiger partial charge is 0.475 e. The molecule has 2 aromatic carbocycles. The number of rotatable bonds is 4. The van der Waals surface area contributed by atoms with E-state index in [1.165, 1.54) is 30.9 Å². The quantitative estimate of drug-likeness (QED) is 0.313. The van der Waals surface area contributed by atoms with Crippen LogP contribution in [0.3, 0.4) is 0 Å². The van der Waals surface area contributed by atoms with Crippen LogP contribution in [0.5, 0.6) is 0 Å². The molecule has 1 spiro atoms. The van der Waals surface area contributed by atoms with Crippen LogP contribution in [0.15, 0.2) is 42.6 Å². The number of benzene rings is 2. The van der Waals surface area contributed by atoms with Crippen LogP contribution in [0.2, 0.25) is 0 Å². The van der Waals surface area contributed by atoms with E-state index in [4.69, 9.17) is 25.5 Å². The van der Waals surface area contributed by atoms with Gasteiger partial charge >= 0.3 is 24.3 Å². The minimum atomic E-state index is -5.08. The Kier molecular flexibility index (Phi) is 10.6. The van der Waals surface area contributed by atoms with E-state index in [1.807, 2.05) is 12.1 Å². The monoisotopic (exact) mass is 635 g/mol. The van der Waals surface area contributed by atoms with Crippen LogP contribution in [-0.4, -0.2) is 81.3 Å². The van der Waals surface area contributed by atoms with Crippen molar-refractivity contribution in [3.8, 4) is 5.69 Å². The molecule has 0 radical (unpaired) electrons. The van der Waals surface area contributed by atoms with Gasteiger partial charge in [0.15, 0.2) is 0 Å². The van der Waals surface area contributed by atoms with Crippen molar-refractivity contribution in [2.75, 3.05) is 26.2 Å². The number of alkyl halides is 6. The fourth-order valence-corrected chi connectivity index (χ4v) is 4.97. The first-order chi connectivity index (χ1) is 20.4. The van der Waals surface area contributed by atoms with Gasteiger partial charge in [-0.05, 0) is 67.6 Å². The van der Waals surface area contributed by atoms with E-state index in [0.29, 0.717) is 16.3 Å². The number of nitrogens with zero attached hydrogens (tertiary/aromatic N) is 3. The number of primary amides is 1. The number of carbonyl (C=O) groups excluding carboxylic acids is 1. The van der Waals surface area contributed by atoms with Crippen molar-refractivity contribution in [3.05, 3.63) is 59.5 Å². The summed E-state index contributed by atoms with van der Waals surface area (Å²) in [6.07, 6.45) is -4.56. The van der Waals surface area contributed by atoms with E-state index < -0.39 is 36.0 Å². The molecule has 5 N–H and O–H groups in total. The third-order valence-electron chi connectivity index (χ3n) is 7.01. The van der Waals surface area contributed by atoms with Crippen LogP contribution >= 0.6 is 0 Å². The number of halogens is 7. The third-order valence-corrected chi connectivity index (χ3v) is 7.01.